The Morgan fingerprint density at radius 2 is 1.95 bits per heavy atom. The van der Waals surface area contributed by atoms with Crippen molar-refractivity contribution in [2.24, 2.45) is 5.92 Å². The molecule has 0 aliphatic carbocycles. The summed E-state index contributed by atoms with van der Waals surface area (Å²) in [6.45, 7) is 6.30. The number of piperidine rings is 1. The molecule has 1 aliphatic rings. The third-order valence-electron chi connectivity index (χ3n) is 3.78. The van der Waals surface area contributed by atoms with Gasteiger partial charge in [-0.15, -0.1) is 0 Å². The Hall–Kier alpha value is -1.91. The molecule has 0 radical (unpaired) electrons. The van der Waals surface area contributed by atoms with Gasteiger partial charge in [-0.05, 0) is 50.8 Å². The van der Waals surface area contributed by atoms with Crippen molar-refractivity contribution in [3.05, 3.63) is 35.6 Å². The molecule has 1 aromatic carbocycles. The lowest BCUT2D eigenvalue weighted by Crippen LogP contribution is -2.45. The normalized spacial score (nSPS) is 22.3. The summed E-state index contributed by atoms with van der Waals surface area (Å²) in [5.74, 6) is -0.582. The second kappa shape index (κ2) is 6.46. The van der Waals surface area contributed by atoms with Gasteiger partial charge in [-0.1, -0.05) is 12.1 Å². The molecule has 0 bridgehead atoms. The van der Waals surface area contributed by atoms with Gasteiger partial charge in [0, 0.05) is 19.0 Å². The van der Waals surface area contributed by atoms with Gasteiger partial charge in [-0.2, -0.15) is 0 Å². The highest BCUT2D eigenvalue weighted by molar-refractivity contribution is 5.69. The minimum Gasteiger partial charge on any atom is -0.444 e. The summed E-state index contributed by atoms with van der Waals surface area (Å²) in [6.07, 6.45) is 1.15. The van der Waals surface area contributed by atoms with Crippen molar-refractivity contribution in [3.8, 4) is 0 Å². The van der Waals surface area contributed by atoms with Crippen molar-refractivity contribution < 1.29 is 18.7 Å². The zero-order valence-corrected chi connectivity index (χ0v) is 13.2. The van der Waals surface area contributed by atoms with Crippen LogP contribution in [0.2, 0.25) is 0 Å². The fourth-order valence-electron chi connectivity index (χ4n) is 2.74. The van der Waals surface area contributed by atoms with Crippen molar-refractivity contribution in [1.82, 2.24) is 4.90 Å². The van der Waals surface area contributed by atoms with Gasteiger partial charge in [-0.3, -0.25) is 0 Å². The van der Waals surface area contributed by atoms with Crippen LogP contribution in [-0.2, 0) is 9.53 Å². The van der Waals surface area contributed by atoms with E-state index in [1.54, 1.807) is 17.0 Å². The highest BCUT2D eigenvalue weighted by atomic mass is 19.1. The van der Waals surface area contributed by atoms with Crippen LogP contribution in [0, 0.1) is 11.7 Å². The minimum atomic E-state index is -0.554. The highest BCUT2D eigenvalue weighted by Gasteiger charge is 2.34. The molecule has 4 nitrogen and oxygen atoms in total. The molecular weight excluding hydrogens is 285 g/mol. The third-order valence-corrected chi connectivity index (χ3v) is 3.78. The zero-order chi connectivity index (χ0) is 16.3. The van der Waals surface area contributed by atoms with Crippen LogP contribution in [0.4, 0.5) is 9.18 Å². The first-order chi connectivity index (χ1) is 10.3. The Balaban J connectivity index is 2.06. The molecular formula is C17H22FNO3. The summed E-state index contributed by atoms with van der Waals surface area (Å²) in [5, 5.41) is 0. The molecule has 120 valence electrons. The van der Waals surface area contributed by atoms with Crippen LogP contribution in [-0.4, -0.2) is 36.0 Å². The SMILES string of the molecule is CC(C)(C)OC(=O)N1CCC(c2ccc(F)cc2)C(C=O)C1. The van der Waals surface area contributed by atoms with Gasteiger partial charge >= 0.3 is 6.09 Å². The fraction of sp³-hybridized carbons (Fsp3) is 0.529. The quantitative estimate of drug-likeness (QED) is 0.787. The Morgan fingerprint density at radius 3 is 2.50 bits per heavy atom. The molecule has 1 fully saturated rings. The monoisotopic (exact) mass is 307 g/mol. The highest BCUT2D eigenvalue weighted by Crippen LogP contribution is 2.32. The predicted octanol–water partition coefficient (Wildman–Crippen LogP) is 3.37. The maximum absolute atomic E-state index is 13.0. The predicted molar refractivity (Wildman–Crippen MR) is 81.1 cm³/mol. The number of aldehydes is 1. The van der Waals surface area contributed by atoms with E-state index in [1.807, 2.05) is 20.8 Å². The molecule has 1 saturated heterocycles. The summed E-state index contributed by atoms with van der Waals surface area (Å²) >= 11 is 0. The molecule has 5 heteroatoms. The number of ether oxygens (including phenoxy) is 1. The molecule has 0 aromatic heterocycles. The van der Waals surface area contributed by atoms with Crippen molar-refractivity contribution in [1.29, 1.82) is 0 Å². The largest absolute Gasteiger partial charge is 0.444 e. The summed E-state index contributed by atoms with van der Waals surface area (Å²) in [7, 11) is 0. The lowest BCUT2D eigenvalue weighted by Gasteiger charge is -2.37. The number of halogens is 1. The molecule has 0 N–H and O–H groups in total. The number of benzene rings is 1. The van der Waals surface area contributed by atoms with Crippen LogP contribution in [0.1, 0.15) is 38.7 Å². The number of hydrogen-bond donors (Lipinski definition) is 0. The lowest BCUT2D eigenvalue weighted by molar-refractivity contribution is -0.113. The van der Waals surface area contributed by atoms with Gasteiger partial charge in [0.1, 0.15) is 17.7 Å². The van der Waals surface area contributed by atoms with Crippen LogP contribution in [0.3, 0.4) is 0 Å². The smallest absolute Gasteiger partial charge is 0.410 e. The lowest BCUT2D eigenvalue weighted by atomic mass is 9.81. The van der Waals surface area contributed by atoms with Crippen LogP contribution >= 0.6 is 0 Å². The van der Waals surface area contributed by atoms with Gasteiger partial charge in [0.2, 0.25) is 0 Å². The average molecular weight is 307 g/mol. The molecule has 1 aliphatic heterocycles. The van der Waals surface area contributed by atoms with Gasteiger partial charge in [0.15, 0.2) is 0 Å². The molecule has 2 atom stereocenters. The Bertz CT molecular complexity index is 536. The van der Waals surface area contributed by atoms with Gasteiger partial charge < -0.3 is 14.4 Å². The van der Waals surface area contributed by atoms with E-state index in [4.69, 9.17) is 4.74 Å². The summed E-state index contributed by atoms with van der Waals surface area (Å²) in [4.78, 5) is 25.1. The number of nitrogens with zero attached hydrogens (tertiary/aromatic N) is 1. The van der Waals surface area contributed by atoms with Crippen LogP contribution in [0.5, 0.6) is 0 Å². The Kier molecular flexibility index (Phi) is 4.84. The summed E-state index contributed by atoms with van der Waals surface area (Å²) in [6, 6.07) is 6.22. The topological polar surface area (TPSA) is 46.6 Å². The zero-order valence-electron chi connectivity index (χ0n) is 13.2. The fourth-order valence-corrected chi connectivity index (χ4v) is 2.74. The Morgan fingerprint density at radius 1 is 1.32 bits per heavy atom. The first kappa shape index (κ1) is 16.5. The second-order valence-electron chi connectivity index (χ2n) is 6.67. The van der Waals surface area contributed by atoms with E-state index in [-0.39, 0.29) is 17.7 Å². The maximum Gasteiger partial charge on any atom is 0.410 e. The Labute approximate surface area is 130 Å². The molecule has 1 aromatic rings. The van der Waals surface area contributed by atoms with E-state index in [2.05, 4.69) is 0 Å². The van der Waals surface area contributed by atoms with Crippen molar-refractivity contribution in [3.63, 3.8) is 0 Å². The number of carbonyl (C=O) groups excluding carboxylic acids is 2. The molecule has 2 unspecified atom stereocenters. The first-order valence-corrected chi connectivity index (χ1v) is 7.49. The van der Waals surface area contributed by atoms with E-state index in [0.717, 1.165) is 11.8 Å². The van der Waals surface area contributed by atoms with Crippen LogP contribution < -0.4 is 0 Å². The molecule has 0 spiro atoms. The van der Waals surface area contributed by atoms with Crippen molar-refractivity contribution in [2.45, 2.75) is 38.7 Å². The average Bonchev–Trinajstić information content (AvgIpc) is 2.45. The number of amides is 1. The van der Waals surface area contributed by atoms with Crippen molar-refractivity contribution in [2.75, 3.05) is 13.1 Å². The van der Waals surface area contributed by atoms with E-state index in [9.17, 15) is 14.0 Å². The third kappa shape index (κ3) is 4.06. The first-order valence-electron chi connectivity index (χ1n) is 7.49. The number of hydrogen-bond acceptors (Lipinski definition) is 3. The number of likely N-dealkylation sites (tertiary alicyclic amines) is 1. The second-order valence-corrected chi connectivity index (χ2v) is 6.67. The van der Waals surface area contributed by atoms with E-state index in [0.29, 0.717) is 19.5 Å². The summed E-state index contributed by atoms with van der Waals surface area (Å²) in [5.41, 5.74) is 0.379. The number of carbonyl (C=O) groups is 2. The summed E-state index contributed by atoms with van der Waals surface area (Å²) < 4.78 is 18.4. The molecule has 1 heterocycles. The number of rotatable bonds is 2. The van der Waals surface area contributed by atoms with E-state index in [1.165, 1.54) is 12.1 Å². The minimum absolute atomic E-state index is 0.0109. The van der Waals surface area contributed by atoms with Crippen LogP contribution in [0.25, 0.3) is 0 Å². The van der Waals surface area contributed by atoms with Gasteiger partial charge in [-0.25, -0.2) is 9.18 Å². The van der Waals surface area contributed by atoms with Crippen LogP contribution in [0.15, 0.2) is 24.3 Å². The standard InChI is InChI=1S/C17H22FNO3/c1-17(2,3)22-16(21)19-9-8-15(13(10-19)11-20)12-4-6-14(18)7-5-12/h4-7,11,13,15H,8-10H2,1-3H3. The van der Waals surface area contributed by atoms with Gasteiger partial charge in [0.25, 0.3) is 0 Å². The van der Waals surface area contributed by atoms with Crippen molar-refractivity contribution >= 4 is 12.4 Å². The molecule has 0 saturated carbocycles. The van der Waals surface area contributed by atoms with Gasteiger partial charge in [0.05, 0.1) is 0 Å². The molecule has 22 heavy (non-hydrogen) atoms. The van der Waals surface area contributed by atoms with E-state index < -0.39 is 11.7 Å². The maximum atomic E-state index is 13.0. The molecule has 2 rings (SSSR count). The molecule has 1 amide bonds. The van der Waals surface area contributed by atoms with E-state index >= 15 is 0 Å².